The minimum Gasteiger partial charge on any atom is -0.361 e. The fourth-order valence-corrected chi connectivity index (χ4v) is 5.61. The lowest BCUT2D eigenvalue weighted by Gasteiger charge is -2.36. The summed E-state index contributed by atoms with van der Waals surface area (Å²) in [6.07, 6.45) is 0. The van der Waals surface area contributed by atoms with Crippen LogP contribution in [0.15, 0.2) is 11.0 Å². The Morgan fingerprint density at radius 1 is 1.07 bits per heavy atom. The molecule has 1 aromatic carbocycles. The van der Waals surface area contributed by atoms with Crippen molar-refractivity contribution in [3.8, 4) is 0 Å². The summed E-state index contributed by atoms with van der Waals surface area (Å²) in [5, 5.41) is 3.95. The molecule has 1 aromatic rings. The maximum absolute atomic E-state index is 13.3. The number of sulfonamides is 1. The van der Waals surface area contributed by atoms with Crippen molar-refractivity contribution < 1.29 is 8.42 Å². The highest BCUT2D eigenvalue weighted by atomic mass is 32.2. The van der Waals surface area contributed by atoms with E-state index < -0.39 is 10.0 Å². The van der Waals surface area contributed by atoms with E-state index in [4.69, 9.17) is 12.2 Å². The van der Waals surface area contributed by atoms with Crippen LogP contribution in [0.4, 0.5) is 0 Å². The highest BCUT2D eigenvalue weighted by molar-refractivity contribution is 7.89. The smallest absolute Gasteiger partial charge is 0.243 e. The van der Waals surface area contributed by atoms with Crippen LogP contribution in [0.3, 0.4) is 0 Å². The number of nitrogens with zero attached hydrogens (tertiary/aromatic N) is 3. The third-order valence-corrected chi connectivity index (χ3v) is 7.83. The second-order valence-electron chi connectivity index (χ2n) is 7.52. The van der Waals surface area contributed by atoms with Gasteiger partial charge in [-0.15, -0.1) is 0 Å². The molecule has 2 rings (SSSR count). The number of hydrogen-bond acceptors (Lipinski definition) is 4. The Kier molecular flexibility index (Phi) is 7.24. The average molecular weight is 413 g/mol. The number of aryl methyl sites for hydroxylation is 2. The molecule has 27 heavy (non-hydrogen) atoms. The topological polar surface area (TPSA) is 55.9 Å². The van der Waals surface area contributed by atoms with E-state index >= 15 is 0 Å². The standard InChI is InChI=1S/C19H32N4O2S2/c1-14-13-15(2)17(4)18(16(14)3)27(24,25)23-11-9-22(10-12-23)19(26)20-7-8-21(5)6/h13H,7-12H2,1-6H3,(H,20,26). The lowest BCUT2D eigenvalue weighted by Crippen LogP contribution is -2.53. The van der Waals surface area contributed by atoms with Gasteiger partial charge in [0, 0.05) is 39.3 Å². The molecule has 0 amide bonds. The summed E-state index contributed by atoms with van der Waals surface area (Å²) in [6, 6.07) is 2.06. The first kappa shape index (κ1) is 22.1. The molecule has 0 spiro atoms. The van der Waals surface area contributed by atoms with Crippen LogP contribution in [0.5, 0.6) is 0 Å². The van der Waals surface area contributed by atoms with E-state index in [2.05, 4.69) is 21.2 Å². The summed E-state index contributed by atoms with van der Waals surface area (Å²) in [5.74, 6) is 0. The molecule has 1 fully saturated rings. The number of hydrogen-bond donors (Lipinski definition) is 1. The van der Waals surface area contributed by atoms with Gasteiger partial charge in [-0.1, -0.05) is 6.07 Å². The number of rotatable bonds is 5. The van der Waals surface area contributed by atoms with Crippen molar-refractivity contribution in [2.45, 2.75) is 32.6 Å². The van der Waals surface area contributed by atoms with Gasteiger partial charge in [-0.2, -0.15) is 4.31 Å². The number of nitrogens with one attached hydrogen (secondary N) is 1. The molecule has 0 aliphatic carbocycles. The fraction of sp³-hybridized carbons (Fsp3) is 0.632. The first-order valence-corrected chi connectivity index (χ1v) is 11.2. The zero-order chi connectivity index (χ0) is 20.4. The van der Waals surface area contributed by atoms with Crippen molar-refractivity contribution in [2.75, 3.05) is 53.4 Å². The van der Waals surface area contributed by atoms with Gasteiger partial charge in [0.25, 0.3) is 0 Å². The Labute approximate surface area is 169 Å². The van der Waals surface area contributed by atoms with Crippen molar-refractivity contribution in [1.82, 2.24) is 19.4 Å². The molecular weight excluding hydrogens is 380 g/mol. The molecule has 0 unspecified atom stereocenters. The van der Waals surface area contributed by atoms with Gasteiger partial charge in [0.15, 0.2) is 5.11 Å². The molecular formula is C19H32N4O2S2. The van der Waals surface area contributed by atoms with Crippen LogP contribution >= 0.6 is 12.2 Å². The number of likely N-dealkylation sites (N-methyl/N-ethyl adjacent to an activating group) is 1. The maximum Gasteiger partial charge on any atom is 0.243 e. The molecule has 1 aliphatic heterocycles. The largest absolute Gasteiger partial charge is 0.361 e. The number of benzene rings is 1. The molecule has 1 heterocycles. The minimum absolute atomic E-state index is 0.448. The van der Waals surface area contributed by atoms with Crippen molar-refractivity contribution in [2.24, 2.45) is 0 Å². The summed E-state index contributed by atoms with van der Waals surface area (Å²) >= 11 is 5.46. The van der Waals surface area contributed by atoms with E-state index in [1.807, 2.05) is 41.8 Å². The second kappa shape index (κ2) is 8.86. The van der Waals surface area contributed by atoms with Gasteiger partial charge >= 0.3 is 0 Å². The molecule has 1 saturated heterocycles. The predicted octanol–water partition coefficient (Wildman–Crippen LogP) is 1.66. The quantitative estimate of drug-likeness (QED) is 0.743. The third kappa shape index (κ3) is 4.99. The van der Waals surface area contributed by atoms with E-state index in [1.54, 1.807) is 4.31 Å². The summed E-state index contributed by atoms with van der Waals surface area (Å²) in [6.45, 7) is 11.5. The SMILES string of the molecule is Cc1cc(C)c(C)c(S(=O)(=O)N2CCN(C(=S)NCCN(C)C)CC2)c1C. The number of piperazine rings is 1. The van der Waals surface area contributed by atoms with Crippen molar-refractivity contribution in [1.29, 1.82) is 0 Å². The third-order valence-electron chi connectivity index (χ3n) is 5.26. The van der Waals surface area contributed by atoms with Crippen molar-refractivity contribution in [3.05, 3.63) is 28.3 Å². The fourth-order valence-electron chi connectivity index (χ4n) is 3.33. The molecule has 8 heteroatoms. The van der Waals surface area contributed by atoms with Gasteiger partial charge in [0.05, 0.1) is 4.90 Å². The molecule has 0 saturated carbocycles. The van der Waals surface area contributed by atoms with Crippen LogP contribution in [-0.4, -0.2) is 81.0 Å². The highest BCUT2D eigenvalue weighted by Crippen LogP contribution is 2.29. The van der Waals surface area contributed by atoms with Crippen LogP contribution < -0.4 is 5.32 Å². The molecule has 0 radical (unpaired) electrons. The normalized spacial score (nSPS) is 16.0. The Bertz CT molecular complexity index is 772. The molecule has 0 bridgehead atoms. The van der Waals surface area contributed by atoms with Gasteiger partial charge in [-0.25, -0.2) is 8.42 Å². The van der Waals surface area contributed by atoms with Crippen molar-refractivity contribution >= 4 is 27.4 Å². The van der Waals surface area contributed by atoms with E-state index in [1.165, 1.54) is 0 Å². The van der Waals surface area contributed by atoms with E-state index in [-0.39, 0.29) is 0 Å². The zero-order valence-corrected chi connectivity index (χ0v) is 18.9. The van der Waals surface area contributed by atoms with Gasteiger partial charge in [-0.3, -0.25) is 0 Å². The molecule has 0 atom stereocenters. The Hall–Kier alpha value is -1.22. The van der Waals surface area contributed by atoms with Crippen LogP contribution in [-0.2, 0) is 10.0 Å². The number of thiocarbonyl (C=S) groups is 1. The Balaban J connectivity index is 2.09. The minimum atomic E-state index is -3.51. The van der Waals surface area contributed by atoms with Gasteiger partial charge in [0.1, 0.15) is 0 Å². The summed E-state index contributed by atoms with van der Waals surface area (Å²) in [7, 11) is 0.529. The van der Waals surface area contributed by atoms with E-state index in [0.717, 1.165) is 35.3 Å². The molecule has 152 valence electrons. The second-order valence-corrected chi connectivity index (χ2v) is 9.78. The lowest BCUT2D eigenvalue weighted by molar-refractivity contribution is 0.263. The summed E-state index contributed by atoms with van der Waals surface area (Å²) in [4.78, 5) is 4.62. The van der Waals surface area contributed by atoms with Gasteiger partial charge in [-0.05, 0) is 76.3 Å². The molecule has 0 aromatic heterocycles. The van der Waals surface area contributed by atoms with E-state index in [9.17, 15) is 8.42 Å². The molecule has 1 aliphatic rings. The molecule has 6 nitrogen and oxygen atoms in total. The van der Waals surface area contributed by atoms with Gasteiger partial charge in [0.2, 0.25) is 10.0 Å². The Morgan fingerprint density at radius 2 is 1.59 bits per heavy atom. The highest BCUT2D eigenvalue weighted by Gasteiger charge is 2.32. The zero-order valence-electron chi connectivity index (χ0n) is 17.3. The van der Waals surface area contributed by atoms with Crippen LogP contribution in [0, 0.1) is 27.7 Å². The van der Waals surface area contributed by atoms with Crippen LogP contribution in [0.2, 0.25) is 0 Å². The molecule has 1 N–H and O–H groups in total. The first-order valence-electron chi connectivity index (χ1n) is 9.30. The Morgan fingerprint density at radius 3 is 2.07 bits per heavy atom. The predicted molar refractivity (Wildman–Crippen MR) is 115 cm³/mol. The van der Waals surface area contributed by atoms with Gasteiger partial charge < -0.3 is 15.1 Å². The first-order chi connectivity index (χ1) is 12.6. The van der Waals surface area contributed by atoms with E-state index in [0.29, 0.717) is 36.2 Å². The average Bonchev–Trinajstić information content (AvgIpc) is 2.59. The lowest BCUT2D eigenvalue weighted by atomic mass is 10.0. The van der Waals surface area contributed by atoms with Crippen LogP contribution in [0.1, 0.15) is 22.3 Å². The summed E-state index contributed by atoms with van der Waals surface area (Å²) < 4.78 is 28.2. The maximum atomic E-state index is 13.3. The van der Waals surface area contributed by atoms with Crippen molar-refractivity contribution in [3.63, 3.8) is 0 Å². The van der Waals surface area contributed by atoms with Crippen LogP contribution in [0.25, 0.3) is 0 Å². The monoisotopic (exact) mass is 412 g/mol. The summed E-state index contributed by atoms with van der Waals surface area (Å²) in [5.41, 5.74) is 3.73.